The molecule has 0 spiro atoms. The number of phenolic OH excluding ortho intramolecular Hbond substituents is 1. The van der Waals surface area contributed by atoms with Crippen molar-refractivity contribution in [3.63, 3.8) is 0 Å². The maximum absolute atomic E-state index is 9.71. The lowest BCUT2D eigenvalue weighted by molar-refractivity contribution is 0.298. The first-order valence-corrected chi connectivity index (χ1v) is 4.78. The molecule has 0 saturated carbocycles. The monoisotopic (exact) mass is 193 g/mol. The number of phenols is 1. The molecule has 3 heteroatoms. The van der Waals surface area contributed by atoms with Gasteiger partial charge in [-0.3, -0.25) is 0 Å². The van der Waals surface area contributed by atoms with Gasteiger partial charge in [-0.25, -0.2) is 0 Å². The van der Waals surface area contributed by atoms with E-state index in [0.29, 0.717) is 5.75 Å². The number of benzene rings is 1. The number of ether oxygens (including phenoxy) is 1. The van der Waals surface area contributed by atoms with Crippen molar-refractivity contribution in [1.29, 1.82) is 0 Å². The summed E-state index contributed by atoms with van der Waals surface area (Å²) in [6, 6.07) is 3.54. The van der Waals surface area contributed by atoms with Crippen LogP contribution in [0.5, 0.6) is 11.5 Å². The second kappa shape index (κ2) is 3.50. The first kappa shape index (κ1) is 9.34. The second-order valence-corrected chi connectivity index (χ2v) is 3.73. The summed E-state index contributed by atoms with van der Waals surface area (Å²) in [5.41, 5.74) is 2.17. The Kier molecular flexibility index (Phi) is 2.33. The van der Waals surface area contributed by atoms with E-state index >= 15 is 0 Å². The molecule has 1 N–H and O–H groups in total. The van der Waals surface area contributed by atoms with Crippen LogP contribution in [0.2, 0.25) is 0 Å². The van der Waals surface area contributed by atoms with Gasteiger partial charge in [0.05, 0.1) is 7.11 Å². The van der Waals surface area contributed by atoms with E-state index in [1.807, 2.05) is 6.07 Å². The fraction of sp³-hybridized carbons (Fsp3) is 0.455. The molecule has 0 fully saturated rings. The van der Waals surface area contributed by atoms with Gasteiger partial charge in [0.1, 0.15) is 11.5 Å². The Morgan fingerprint density at radius 3 is 2.86 bits per heavy atom. The lowest BCUT2D eigenvalue weighted by Crippen LogP contribution is -2.26. The Hall–Kier alpha value is -1.22. The highest BCUT2D eigenvalue weighted by molar-refractivity contribution is 5.49. The van der Waals surface area contributed by atoms with Gasteiger partial charge in [0.15, 0.2) is 0 Å². The molecule has 0 atom stereocenters. The van der Waals surface area contributed by atoms with Gasteiger partial charge < -0.3 is 14.7 Å². The van der Waals surface area contributed by atoms with Gasteiger partial charge in [-0.05, 0) is 25.6 Å². The zero-order valence-electron chi connectivity index (χ0n) is 8.58. The van der Waals surface area contributed by atoms with E-state index in [1.54, 1.807) is 13.2 Å². The molecule has 1 aromatic rings. The largest absolute Gasteiger partial charge is 0.508 e. The Balaban J connectivity index is 2.49. The van der Waals surface area contributed by atoms with Crippen molar-refractivity contribution in [2.24, 2.45) is 0 Å². The zero-order valence-corrected chi connectivity index (χ0v) is 8.58. The van der Waals surface area contributed by atoms with Crippen molar-refractivity contribution in [3.8, 4) is 11.5 Å². The molecule has 0 aromatic heterocycles. The van der Waals surface area contributed by atoms with Gasteiger partial charge >= 0.3 is 0 Å². The molecule has 0 radical (unpaired) electrons. The Morgan fingerprint density at radius 2 is 2.14 bits per heavy atom. The molecule has 0 amide bonds. The molecule has 1 aromatic carbocycles. The van der Waals surface area contributed by atoms with Crippen LogP contribution in [-0.2, 0) is 13.0 Å². The van der Waals surface area contributed by atoms with Crippen molar-refractivity contribution in [2.75, 3.05) is 20.7 Å². The van der Waals surface area contributed by atoms with E-state index in [-0.39, 0.29) is 0 Å². The van der Waals surface area contributed by atoms with Gasteiger partial charge in [-0.15, -0.1) is 0 Å². The number of hydrogen-bond donors (Lipinski definition) is 1. The predicted molar refractivity (Wildman–Crippen MR) is 54.7 cm³/mol. The highest BCUT2D eigenvalue weighted by Gasteiger charge is 2.19. The lowest BCUT2D eigenvalue weighted by Gasteiger charge is -2.26. The molecule has 14 heavy (non-hydrogen) atoms. The average molecular weight is 193 g/mol. The van der Waals surface area contributed by atoms with Gasteiger partial charge in [0.25, 0.3) is 0 Å². The maximum Gasteiger partial charge on any atom is 0.122 e. The molecule has 0 aliphatic carbocycles. The summed E-state index contributed by atoms with van der Waals surface area (Å²) in [5, 5.41) is 9.71. The molecule has 1 aliphatic heterocycles. The first-order valence-electron chi connectivity index (χ1n) is 4.78. The number of likely N-dealkylation sites (N-methyl/N-ethyl adjacent to an activating group) is 1. The number of rotatable bonds is 1. The van der Waals surface area contributed by atoms with E-state index in [0.717, 1.165) is 36.4 Å². The van der Waals surface area contributed by atoms with Gasteiger partial charge in [0.2, 0.25) is 0 Å². The minimum atomic E-state index is 0.382. The number of fused-ring (bicyclic) bond motifs is 1. The highest BCUT2D eigenvalue weighted by atomic mass is 16.5. The van der Waals surface area contributed by atoms with Gasteiger partial charge in [0, 0.05) is 24.2 Å². The molecular formula is C11H15NO2. The summed E-state index contributed by atoms with van der Waals surface area (Å²) in [7, 11) is 3.73. The van der Waals surface area contributed by atoms with Crippen LogP contribution in [-0.4, -0.2) is 30.7 Å². The lowest BCUT2D eigenvalue weighted by atomic mass is 9.98. The van der Waals surface area contributed by atoms with E-state index < -0.39 is 0 Å². The zero-order chi connectivity index (χ0) is 10.1. The fourth-order valence-corrected chi connectivity index (χ4v) is 1.95. The topological polar surface area (TPSA) is 32.7 Å². The van der Waals surface area contributed by atoms with Crippen molar-refractivity contribution < 1.29 is 9.84 Å². The third-order valence-electron chi connectivity index (χ3n) is 2.75. The van der Waals surface area contributed by atoms with E-state index in [4.69, 9.17) is 4.74 Å². The first-order chi connectivity index (χ1) is 6.72. The van der Waals surface area contributed by atoms with E-state index in [2.05, 4.69) is 11.9 Å². The van der Waals surface area contributed by atoms with Crippen LogP contribution in [0, 0.1) is 0 Å². The molecule has 0 bridgehead atoms. The molecule has 1 heterocycles. The second-order valence-electron chi connectivity index (χ2n) is 3.73. The van der Waals surface area contributed by atoms with Crippen LogP contribution in [0.25, 0.3) is 0 Å². The third-order valence-corrected chi connectivity index (χ3v) is 2.75. The van der Waals surface area contributed by atoms with Gasteiger partial charge in [-0.2, -0.15) is 0 Å². The minimum absolute atomic E-state index is 0.382. The van der Waals surface area contributed by atoms with Crippen molar-refractivity contribution in [3.05, 3.63) is 23.3 Å². The summed E-state index contributed by atoms with van der Waals surface area (Å²) >= 11 is 0. The Labute approximate surface area is 83.9 Å². The molecular weight excluding hydrogens is 178 g/mol. The summed E-state index contributed by atoms with van der Waals surface area (Å²) in [6.07, 6.45) is 0.948. The number of nitrogens with zero attached hydrogens (tertiary/aromatic N) is 1. The standard InChI is InChI=1S/C11H15NO2/c1-12-6-5-8-9(7-12)10(13)3-4-11(8)14-2/h3-4,13H,5-7H2,1-2H3. The minimum Gasteiger partial charge on any atom is -0.508 e. The maximum atomic E-state index is 9.71. The van der Waals surface area contributed by atoms with Crippen molar-refractivity contribution in [1.82, 2.24) is 4.90 Å². The average Bonchev–Trinajstić information content (AvgIpc) is 2.19. The quantitative estimate of drug-likeness (QED) is 0.731. The third kappa shape index (κ3) is 1.44. The van der Waals surface area contributed by atoms with Crippen molar-refractivity contribution >= 4 is 0 Å². The van der Waals surface area contributed by atoms with Crippen molar-refractivity contribution in [2.45, 2.75) is 13.0 Å². The van der Waals surface area contributed by atoms with Gasteiger partial charge in [-0.1, -0.05) is 0 Å². The van der Waals surface area contributed by atoms with Crippen LogP contribution in [0.15, 0.2) is 12.1 Å². The number of methoxy groups -OCH3 is 1. The fourth-order valence-electron chi connectivity index (χ4n) is 1.95. The molecule has 3 nitrogen and oxygen atoms in total. The SMILES string of the molecule is COc1ccc(O)c2c1CCN(C)C2. The van der Waals surface area contributed by atoms with Crippen LogP contribution in [0.1, 0.15) is 11.1 Å². The Morgan fingerprint density at radius 1 is 1.36 bits per heavy atom. The predicted octanol–water partition coefficient (Wildman–Crippen LogP) is 1.39. The van der Waals surface area contributed by atoms with Crippen LogP contribution >= 0.6 is 0 Å². The summed E-state index contributed by atoms with van der Waals surface area (Å²) in [6.45, 7) is 1.82. The summed E-state index contributed by atoms with van der Waals surface area (Å²) < 4.78 is 5.27. The van der Waals surface area contributed by atoms with E-state index in [9.17, 15) is 5.11 Å². The normalized spacial score (nSPS) is 16.4. The van der Waals surface area contributed by atoms with Crippen LogP contribution in [0.3, 0.4) is 0 Å². The molecule has 1 aliphatic rings. The number of hydrogen-bond acceptors (Lipinski definition) is 3. The molecule has 0 saturated heterocycles. The summed E-state index contributed by atoms with van der Waals surface area (Å²) in [4.78, 5) is 2.20. The Bertz CT molecular complexity index is 349. The highest BCUT2D eigenvalue weighted by Crippen LogP contribution is 2.33. The molecule has 76 valence electrons. The van der Waals surface area contributed by atoms with Crippen LogP contribution < -0.4 is 4.74 Å². The molecule has 0 unspecified atom stereocenters. The summed E-state index contributed by atoms with van der Waals surface area (Å²) in [5.74, 6) is 1.28. The number of aromatic hydroxyl groups is 1. The smallest absolute Gasteiger partial charge is 0.122 e. The molecule has 2 rings (SSSR count). The van der Waals surface area contributed by atoms with Crippen LogP contribution in [0.4, 0.5) is 0 Å². The van der Waals surface area contributed by atoms with E-state index in [1.165, 1.54) is 0 Å².